The lowest BCUT2D eigenvalue weighted by molar-refractivity contribution is -0.139. The Morgan fingerprint density at radius 1 is 1.59 bits per heavy atom. The first-order valence-corrected chi connectivity index (χ1v) is 5.87. The van der Waals surface area contributed by atoms with E-state index in [0.717, 1.165) is 31.6 Å². The van der Waals surface area contributed by atoms with Gasteiger partial charge in [0.15, 0.2) is 0 Å². The molecule has 1 aliphatic heterocycles. The zero-order valence-electron chi connectivity index (χ0n) is 9.93. The summed E-state index contributed by atoms with van der Waals surface area (Å²) >= 11 is 0. The fraction of sp³-hybridized carbons (Fsp3) is 0.727. The Balaban J connectivity index is 2.13. The first kappa shape index (κ1) is 12.0. The maximum atomic E-state index is 11.1. The number of aromatic nitrogens is 3. The highest BCUT2D eigenvalue weighted by molar-refractivity contribution is 5.75. The van der Waals surface area contributed by atoms with Crippen molar-refractivity contribution in [2.24, 2.45) is 0 Å². The number of carboxylic acid groups (broad SMARTS) is 1. The number of hydrogen-bond donors (Lipinski definition) is 1. The molecule has 1 N–H and O–H groups in total. The number of carboxylic acids is 1. The first-order chi connectivity index (χ1) is 8.24. The van der Waals surface area contributed by atoms with Crippen LogP contribution in [0.3, 0.4) is 0 Å². The van der Waals surface area contributed by atoms with Gasteiger partial charge in [-0.1, -0.05) is 0 Å². The molecule has 1 unspecified atom stereocenters. The first-order valence-electron chi connectivity index (χ1n) is 5.87. The van der Waals surface area contributed by atoms with Gasteiger partial charge in [0.25, 0.3) is 0 Å². The van der Waals surface area contributed by atoms with E-state index in [1.165, 1.54) is 0 Å². The molecular weight excluding hydrogens is 222 g/mol. The van der Waals surface area contributed by atoms with E-state index >= 15 is 0 Å². The van der Waals surface area contributed by atoms with Crippen LogP contribution in [0.1, 0.15) is 36.8 Å². The summed E-state index contributed by atoms with van der Waals surface area (Å²) in [5.41, 5.74) is 0. The summed E-state index contributed by atoms with van der Waals surface area (Å²) in [4.78, 5) is 11.1. The van der Waals surface area contributed by atoms with Crippen molar-refractivity contribution in [3.63, 3.8) is 0 Å². The molecule has 6 heteroatoms. The van der Waals surface area contributed by atoms with E-state index in [0.29, 0.717) is 18.9 Å². The highest BCUT2D eigenvalue weighted by Crippen LogP contribution is 2.26. The van der Waals surface area contributed by atoms with E-state index in [1.54, 1.807) is 7.11 Å². The van der Waals surface area contributed by atoms with E-state index < -0.39 is 11.9 Å². The Hall–Kier alpha value is -1.43. The van der Waals surface area contributed by atoms with E-state index in [2.05, 4.69) is 10.2 Å². The molecule has 0 fully saturated rings. The number of nitrogens with zero attached hydrogens (tertiary/aromatic N) is 3. The second-order valence-electron chi connectivity index (χ2n) is 4.26. The third kappa shape index (κ3) is 2.46. The summed E-state index contributed by atoms with van der Waals surface area (Å²) in [7, 11) is 1.67. The van der Waals surface area contributed by atoms with Crippen LogP contribution in [0, 0.1) is 0 Å². The quantitative estimate of drug-likeness (QED) is 0.770. The van der Waals surface area contributed by atoms with Gasteiger partial charge in [0.05, 0.1) is 0 Å². The zero-order chi connectivity index (χ0) is 12.3. The molecule has 17 heavy (non-hydrogen) atoms. The number of fused-ring (bicyclic) bond motifs is 1. The van der Waals surface area contributed by atoms with Gasteiger partial charge in [-0.2, -0.15) is 0 Å². The molecule has 0 bridgehead atoms. The lowest BCUT2D eigenvalue weighted by Crippen LogP contribution is -2.23. The fourth-order valence-corrected chi connectivity index (χ4v) is 2.23. The van der Waals surface area contributed by atoms with Crippen LogP contribution >= 0.6 is 0 Å². The smallest absolute Gasteiger partial charge is 0.314 e. The predicted molar refractivity (Wildman–Crippen MR) is 59.8 cm³/mol. The molecule has 0 saturated carbocycles. The van der Waals surface area contributed by atoms with Gasteiger partial charge < -0.3 is 14.4 Å². The molecule has 1 aliphatic rings. The number of aliphatic carboxylic acids is 1. The highest BCUT2D eigenvalue weighted by Gasteiger charge is 2.30. The molecule has 6 nitrogen and oxygen atoms in total. The lowest BCUT2D eigenvalue weighted by atomic mass is 9.99. The van der Waals surface area contributed by atoms with Crippen molar-refractivity contribution in [2.45, 2.75) is 38.1 Å². The fourth-order valence-electron chi connectivity index (χ4n) is 2.23. The molecule has 2 heterocycles. The molecule has 0 aromatic carbocycles. The van der Waals surface area contributed by atoms with Crippen LogP contribution in [0.15, 0.2) is 0 Å². The number of methoxy groups -OCH3 is 1. The van der Waals surface area contributed by atoms with Crippen LogP contribution in [0.4, 0.5) is 0 Å². The second kappa shape index (κ2) is 5.27. The van der Waals surface area contributed by atoms with Crippen LogP contribution in [0.25, 0.3) is 0 Å². The Kier molecular flexibility index (Phi) is 3.73. The van der Waals surface area contributed by atoms with E-state index in [1.807, 2.05) is 4.57 Å². The Bertz CT molecular complexity index is 403. The number of hydrogen-bond acceptors (Lipinski definition) is 4. The normalized spacial score (nSPS) is 19.0. The summed E-state index contributed by atoms with van der Waals surface area (Å²) in [6, 6.07) is 0. The second-order valence-corrected chi connectivity index (χ2v) is 4.26. The van der Waals surface area contributed by atoms with Gasteiger partial charge in [0.1, 0.15) is 17.6 Å². The van der Waals surface area contributed by atoms with Gasteiger partial charge in [-0.3, -0.25) is 4.79 Å². The van der Waals surface area contributed by atoms with Crippen LogP contribution < -0.4 is 0 Å². The van der Waals surface area contributed by atoms with Gasteiger partial charge in [-0.05, 0) is 19.3 Å². The van der Waals surface area contributed by atoms with E-state index in [-0.39, 0.29) is 0 Å². The van der Waals surface area contributed by atoms with Gasteiger partial charge in [0, 0.05) is 26.7 Å². The van der Waals surface area contributed by atoms with Crippen molar-refractivity contribution in [1.82, 2.24) is 14.8 Å². The largest absolute Gasteiger partial charge is 0.481 e. The molecule has 0 aliphatic carbocycles. The Labute approximate surface area is 99.6 Å². The molecule has 1 aromatic heterocycles. The third-order valence-electron chi connectivity index (χ3n) is 3.09. The van der Waals surface area contributed by atoms with Gasteiger partial charge in [-0.15, -0.1) is 10.2 Å². The topological polar surface area (TPSA) is 77.2 Å². The maximum Gasteiger partial charge on any atom is 0.314 e. The van der Waals surface area contributed by atoms with Crippen molar-refractivity contribution >= 4 is 5.97 Å². The van der Waals surface area contributed by atoms with Gasteiger partial charge in [0.2, 0.25) is 0 Å². The molecular formula is C11H17N3O3. The standard InChI is InChI=1S/C11H17N3O3/c1-17-7-3-5-9-12-13-10-8(11(15)16)4-2-6-14(9)10/h8H,2-7H2,1H3,(H,15,16). The summed E-state index contributed by atoms with van der Waals surface area (Å²) in [6.45, 7) is 1.51. The minimum atomic E-state index is -0.804. The highest BCUT2D eigenvalue weighted by atomic mass is 16.5. The monoisotopic (exact) mass is 239 g/mol. The average Bonchev–Trinajstić information content (AvgIpc) is 2.72. The van der Waals surface area contributed by atoms with Crippen LogP contribution in [0.2, 0.25) is 0 Å². The molecule has 0 saturated heterocycles. The van der Waals surface area contributed by atoms with Crippen molar-refractivity contribution < 1.29 is 14.6 Å². The minimum Gasteiger partial charge on any atom is -0.481 e. The van der Waals surface area contributed by atoms with Crippen molar-refractivity contribution in [3.05, 3.63) is 11.6 Å². The molecule has 0 radical (unpaired) electrons. The molecule has 0 spiro atoms. The SMILES string of the molecule is COCCCc1nnc2n1CCCC2C(=O)O. The Morgan fingerprint density at radius 3 is 3.12 bits per heavy atom. The third-order valence-corrected chi connectivity index (χ3v) is 3.09. The number of rotatable bonds is 5. The van der Waals surface area contributed by atoms with Crippen LogP contribution in [-0.2, 0) is 22.5 Å². The van der Waals surface area contributed by atoms with Crippen molar-refractivity contribution in [3.8, 4) is 0 Å². The molecule has 0 amide bonds. The molecule has 1 aromatic rings. The van der Waals surface area contributed by atoms with Crippen LogP contribution in [0.5, 0.6) is 0 Å². The van der Waals surface area contributed by atoms with Gasteiger partial charge in [-0.25, -0.2) is 0 Å². The maximum absolute atomic E-state index is 11.1. The summed E-state index contributed by atoms with van der Waals surface area (Å²) < 4.78 is 6.95. The van der Waals surface area contributed by atoms with Crippen LogP contribution in [-0.4, -0.2) is 39.6 Å². The minimum absolute atomic E-state index is 0.493. The lowest BCUT2D eigenvalue weighted by Gasteiger charge is -2.20. The average molecular weight is 239 g/mol. The predicted octanol–water partition coefficient (Wildman–Crippen LogP) is 0.819. The molecule has 1 atom stereocenters. The zero-order valence-corrected chi connectivity index (χ0v) is 9.93. The molecule has 94 valence electrons. The number of ether oxygens (including phenoxy) is 1. The number of aryl methyl sites for hydroxylation is 1. The van der Waals surface area contributed by atoms with E-state index in [9.17, 15) is 4.79 Å². The van der Waals surface area contributed by atoms with Crippen molar-refractivity contribution in [2.75, 3.05) is 13.7 Å². The Morgan fingerprint density at radius 2 is 2.41 bits per heavy atom. The van der Waals surface area contributed by atoms with Gasteiger partial charge >= 0.3 is 5.97 Å². The molecule has 2 rings (SSSR count). The number of carbonyl (C=O) groups is 1. The summed E-state index contributed by atoms with van der Waals surface area (Å²) in [5, 5.41) is 17.2. The van der Waals surface area contributed by atoms with E-state index in [4.69, 9.17) is 9.84 Å². The van der Waals surface area contributed by atoms with Crippen molar-refractivity contribution in [1.29, 1.82) is 0 Å². The summed E-state index contributed by atoms with van der Waals surface area (Å²) in [5.74, 6) is 0.188. The summed E-state index contributed by atoms with van der Waals surface area (Å²) in [6.07, 6.45) is 3.20.